The van der Waals surface area contributed by atoms with Crippen LogP contribution in [0.1, 0.15) is 57.3 Å². The average Bonchev–Trinajstić information content (AvgIpc) is 3.34. The van der Waals surface area contributed by atoms with Crippen LogP contribution < -0.4 is 0 Å². The Kier molecular flexibility index (Phi) is 10.5. The monoisotopic (exact) mass is 606 g/mol. The number of hydrogen-bond acceptors (Lipinski definition) is 6. The zero-order valence-electron chi connectivity index (χ0n) is 24.3. The minimum atomic E-state index is -1.33. The van der Waals surface area contributed by atoms with Gasteiger partial charge in [0, 0.05) is 9.79 Å². The summed E-state index contributed by atoms with van der Waals surface area (Å²) in [6.45, 7) is 6.63. The van der Waals surface area contributed by atoms with Crippen molar-refractivity contribution in [3.05, 3.63) is 107 Å². The van der Waals surface area contributed by atoms with Crippen LogP contribution in [-0.2, 0) is 20.7 Å². The molecule has 1 heterocycles. The molecular weight excluding hydrogens is 568 g/mol. The molecule has 5 atom stereocenters. The maximum absolute atomic E-state index is 14.6. The summed E-state index contributed by atoms with van der Waals surface area (Å²) in [4.78, 5) is 15.2. The van der Waals surface area contributed by atoms with Gasteiger partial charge in [-0.1, -0.05) is 69.7 Å². The summed E-state index contributed by atoms with van der Waals surface area (Å²) >= 11 is 3.44. The lowest BCUT2D eigenvalue weighted by Crippen LogP contribution is -2.36. The van der Waals surface area contributed by atoms with Gasteiger partial charge in [-0.05, 0) is 90.6 Å². The highest BCUT2D eigenvalue weighted by Crippen LogP contribution is 2.41. The van der Waals surface area contributed by atoms with Crippen LogP contribution in [0.4, 0.5) is 4.39 Å². The molecule has 42 heavy (non-hydrogen) atoms. The molecule has 7 heteroatoms. The van der Waals surface area contributed by atoms with E-state index in [4.69, 9.17) is 9.47 Å². The van der Waals surface area contributed by atoms with Crippen molar-refractivity contribution < 1.29 is 23.8 Å². The van der Waals surface area contributed by atoms with E-state index in [1.807, 2.05) is 36.4 Å². The molecule has 3 aromatic rings. The lowest BCUT2D eigenvalue weighted by Gasteiger charge is -2.37. The van der Waals surface area contributed by atoms with E-state index in [0.717, 1.165) is 28.2 Å². The SMILES string of the molecule is CC(C)[C@@H]1CC[C@@H](C)C[C@H]1O[C@H]1C=C([C@@H](O)c2cc(F)ccc2CC(Sc2ccccc2)Sc2ccccc2)C(=O)O1. The summed E-state index contributed by atoms with van der Waals surface area (Å²) in [5, 5.41) is 11.5. The van der Waals surface area contributed by atoms with Gasteiger partial charge in [0.05, 0.1) is 16.3 Å². The first kappa shape index (κ1) is 30.9. The molecule has 1 aliphatic carbocycles. The van der Waals surface area contributed by atoms with Gasteiger partial charge in [0.15, 0.2) is 0 Å². The first-order valence-corrected chi connectivity index (χ1v) is 16.5. The van der Waals surface area contributed by atoms with Gasteiger partial charge in [0.1, 0.15) is 11.9 Å². The summed E-state index contributed by atoms with van der Waals surface area (Å²) in [5.41, 5.74) is 1.25. The highest BCUT2D eigenvalue weighted by molar-refractivity contribution is 8.17. The van der Waals surface area contributed by atoms with Crippen molar-refractivity contribution >= 4 is 29.5 Å². The van der Waals surface area contributed by atoms with E-state index in [1.165, 1.54) is 18.6 Å². The molecule has 5 rings (SSSR count). The van der Waals surface area contributed by atoms with E-state index < -0.39 is 24.2 Å². The van der Waals surface area contributed by atoms with Gasteiger partial charge in [-0.15, -0.1) is 23.5 Å². The molecule has 0 amide bonds. The molecule has 0 unspecified atom stereocenters. The third kappa shape index (κ3) is 7.87. The van der Waals surface area contributed by atoms with E-state index in [9.17, 15) is 14.3 Å². The van der Waals surface area contributed by atoms with Crippen molar-refractivity contribution in [2.24, 2.45) is 17.8 Å². The van der Waals surface area contributed by atoms with Gasteiger partial charge in [-0.3, -0.25) is 0 Å². The van der Waals surface area contributed by atoms with Crippen molar-refractivity contribution in [1.82, 2.24) is 0 Å². The standard InChI is InChI=1S/C35H39FO4S2/c1-22(2)28-17-14-23(3)18-31(28)39-32-21-30(35(38)40-32)34(37)29-20-25(36)16-15-24(29)19-33(41-26-10-6-4-7-11-26)42-27-12-8-5-9-13-27/h4-13,15-16,20-23,28,31-34,37H,14,17-19H2,1-3H3/t23-,28+,31-,32-,34+/m1/s1. The zero-order chi connectivity index (χ0) is 29.6. The van der Waals surface area contributed by atoms with Gasteiger partial charge in [-0.2, -0.15) is 0 Å². The maximum atomic E-state index is 14.6. The van der Waals surface area contributed by atoms with Crippen LogP contribution in [0, 0.1) is 23.6 Å². The Morgan fingerprint density at radius 2 is 1.62 bits per heavy atom. The van der Waals surface area contributed by atoms with E-state index in [1.54, 1.807) is 35.7 Å². The van der Waals surface area contributed by atoms with Crippen molar-refractivity contribution in [2.75, 3.05) is 0 Å². The van der Waals surface area contributed by atoms with Gasteiger partial charge in [0.25, 0.3) is 0 Å². The van der Waals surface area contributed by atoms with Crippen LogP contribution in [0.25, 0.3) is 0 Å². The molecule has 1 saturated carbocycles. The third-order valence-corrected chi connectivity index (χ3v) is 10.7. The molecule has 3 aromatic carbocycles. The van der Waals surface area contributed by atoms with E-state index in [-0.39, 0.29) is 16.3 Å². The Morgan fingerprint density at radius 3 is 2.24 bits per heavy atom. The van der Waals surface area contributed by atoms with Gasteiger partial charge >= 0.3 is 5.97 Å². The average molecular weight is 607 g/mol. The second-order valence-corrected chi connectivity index (χ2v) is 14.5. The predicted molar refractivity (Wildman–Crippen MR) is 168 cm³/mol. The number of ether oxygens (including phenoxy) is 2. The van der Waals surface area contributed by atoms with E-state index in [2.05, 4.69) is 45.0 Å². The van der Waals surface area contributed by atoms with Crippen molar-refractivity contribution in [3.8, 4) is 0 Å². The number of hydrogen-bond donors (Lipinski definition) is 1. The number of esters is 1. The molecule has 1 aliphatic heterocycles. The van der Waals surface area contributed by atoms with Gasteiger partial charge < -0.3 is 14.6 Å². The number of benzene rings is 3. The fourth-order valence-electron chi connectivity index (χ4n) is 5.90. The highest BCUT2D eigenvalue weighted by Gasteiger charge is 2.38. The largest absolute Gasteiger partial charge is 0.428 e. The van der Waals surface area contributed by atoms with Gasteiger partial charge in [0.2, 0.25) is 6.29 Å². The Morgan fingerprint density at radius 1 is 0.976 bits per heavy atom. The number of carbonyl (C=O) groups excluding carboxylic acids is 1. The van der Waals surface area contributed by atoms with Crippen LogP contribution in [0.3, 0.4) is 0 Å². The molecule has 0 aromatic heterocycles. The highest BCUT2D eigenvalue weighted by atomic mass is 32.2. The van der Waals surface area contributed by atoms with Crippen LogP contribution in [0.5, 0.6) is 0 Å². The molecular formula is C35H39FO4S2. The molecule has 1 fully saturated rings. The quantitative estimate of drug-likeness (QED) is 0.134. The maximum Gasteiger partial charge on any atom is 0.339 e. The minimum Gasteiger partial charge on any atom is -0.428 e. The molecule has 1 N–H and O–H groups in total. The summed E-state index contributed by atoms with van der Waals surface area (Å²) in [5.74, 6) is 0.298. The second-order valence-electron chi connectivity index (χ2n) is 11.6. The van der Waals surface area contributed by atoms with Crippen LogP contribution in [-0.4, -0.2) is 28.1 Å². The number of aliphatic hydroxyl groups excluding tert-OH is 1. The summed E-state index contributed by atoms with van der Waals surface area (Å²) in [6.07, 6.45) is 3.08. The number of thioether (sulfide) groups is 2. The Balaban J connectivity index is 1.37. The minimum absolute atomic E-state index is 0.0187. The summed E-state index contributed by atoms with van der Waals surface area (Å²) in [7, 11) is 0. The first-order chi connectivity index (χ1) is 20.3. The number of aliphatic hydroxyl groups is 1. The Bertz CT molecular complexity index is 1320. The topological polar surface area (TPSA) is 55.8 Å². The lowest BCUT2D eigenvalue weighted by atomic mass is 9.75. The number of rotatable bonds is 11. The van der Waals surface area contributed by atoms with E-state index in [0.29, 0.717) is 29.7 Å². The molecule has 2 aliphatic rings. The normalized spacial score (nSPS) is 23.2. The predicted octanol–water partition coefficient (Wildman–Crippen LogP) is 8.60. The fraction of sp³-hybridized carbons (Fsp3) is 0.400. The summed E-state index contributed by atoms with van der Waals surface area (Å²) < 4.78 is 26.5. The van der Waals surface area contributed by atoms with Crippen LogP contribution >= 0.6 is 23.5 Å². The number of halogens is 1. The molecule has 222 valence electrons. The lowest BCUT2D eigenvalue weighted by molar-refractivity contribution is -0.179. The number of carbonyl (C=O) groups is 1. The smallest absolute Gasteiger partial charge is 0.339 e. The molecule has 0 saturated heterocycles. The van der Waals surface area contributed by atoms with E-state index >= 15 is 0 Å². The molecule has 0 bridgehead atoms. The second kappa shape index (κ2) is 14.3. The fourth-order valence-corrected chi connectivity index (χ4v) is 8.52. The van der Waals surface area contributed by atoms with Crippen LogP contribution in [0.15, 0.2) is 100 Å². The summed E-state index contributed by atoms with van der Waals surface area (Å²) in [6, 6.07) is 24.7. The van der Waals surface area contributed by atoms with Gasteiger partial charge in [-0.25, -0.2) is 9.18 Å². The van der Waals surface area contributed by atoms with Crippen LogP contribution in [0.2, 0.25) is 0 Å². The third-order valence-electron chi connectivity index (χ3n) is 8.15. The Hall–Kier alpha value is -2.58. The van der Waals surface area contributed by atoms with Crippen molar-refractivity contribution in [3.63, 3.8) is 0 Å². The molecule has 0 spiro atoms. The van der Waals surface area contributed by atoms with Crippen molar-refractivity contribution in [1.29, 1.82) is 0 Å². The molecule has 4 nitrogen and oxygen atoms in total. The first-order valence-electron chi connectivity index (χ1n) is 14.7. The van der Waals surface area contributed by atoms with Crippen molar-refractivity contribution in [2.45, 2.75) is 79.3 Å². The molecule has 0 radical (unpaired) electrons. The Labute approximate surface area is 257 Å². The number of cyclic esters (lactones) is 1. The zero-order valence-corrected chi connectivity index (χ0v) is 26.0.